The standard InChI is InChI=1S/C16H22ClNO/c1-11(2)15(10-17)18-16(19)14-8-7-12-5-3-4-6-13(12)9-14/h3-6,11,14-15H,7-10H2,1-2H3,(H,18,19). The van der Waals surface area contributed by atoms with Crippen LogP contribution in [0.5, 0.6) is 0 Å². The molecule has 0 aliphatic heterocycles. The zero-order valence-corrected chi connectivity index (χ0v) is 12.4. The molecule has 1 aliphatic rings. The van der Waals surface area contributed by atoms with Crippen molar-refractivity contribution in [2.45, 2.75) is 39.2 Å². The lowest BCUT2D eigenvalue weighted by Gasteiger charge is -2.27. The smallest absolute Gasteiger partial charge is 0.223 e. The highest BCUT2D eigenvalue weighted by Crippen LogP contribution is 2.25. The van der Waals surface area contributed by atoms with E-state index in [2.05, 4.69) is 43.4 Å². The predicted molar refractivity (Wildman–Crippen MR) is 79.4 cm³/mol. The Labute approximate surface area is 120 Å². The van der Waals surface area contributed by atoms with Crippen molar-refractivity contribution in [2.24, 2.45) is 11.8 Å². The minimum atomic E-state index is 0.0753. The zero-order valence-electron chi connectivity index (χ0n) is 11.7. The van der Waals surface area contributed by atoms with Gasteiger partial charge < -0.3 is 5.32 Å². The van der Waals surface area contributed by atoms with Gasteiger partial charge in [0.25, 0.3) is 0 Å². The summed E-state index contributed by atoms with van der Waals surface area (Å²) >= 11 is 5.91. The number of benzene rings is 1. The molecule has 3 heteroatoms. The molecule has 1 aromatic rings. The topological polar surface area (TPSA) is 29.1 Å². The summed E-state index contributed by atoms with van der Waals surface area (Å²) < 4.78 is 0. The normalized spacial score (nSPS) is 19.9. The fourth-order valence-electron chi connectivity index (χ4n) is 2.61. The van der Waals surface area contributed by atoms with E-state index in [-0.39, 0.29) is 17.9 Å². The first-order valence-corrected chi connectivity index (χ1v) is 7.58. The average Bonchev–Trinajstić information content (AvgIpc) is 2.43. The highest BCUT2D eigenvalue weighted by Gasteiger charge is 2.26. The van der Waals surface area contributed by atoms with Crippen LogP contribution in [0.1, 0.15) is 31.4 Å². The summed E-state index contributed by atoms with van der Waals surface area (Å²) in [6.07, 6.45) is 2.80. The molecule has 1 N–H and O–H groups in total. The third-order valence-corrected chi connectivity index (χ3v) is 4.35. The Morgan fingerprint density at radius 1 is 1.37 bits per heavy atom. The summed E-state index contributed by atoms with van der Waals surface area (Å²) in [6.45, 7) is 4.17. The molecule has 1 amide bonds. The Bertz CT molecular complexity index is 444. The van der Waals surface area contributed by atoms with Gasteiger partial charge in [0.05, 0.1) is 0 Å². The molecule has 0 saturated carbocycles. The Morgan fingerprint density at radius 2 is 2.05 bits per heavy atom. The van der Waals surface area contributed by atoms with E-state index in [1.54, 1.807) is 0 Å². The lowest BCUT2D eigenvalue weighted by molar-refractivity contribution is -0.126. The summed E-state index contributed by atoms with van der Waals surface area (Å²) in [5, 5.41) is 3.10. The van der Waals surface area contributed by atoms with Crippen LogP contribution in [0.25, 0.3) is 0 Å². The molecule has 2 atom stereocenters. The van der Waals surface area contributed by atoms with Crippen molar-refractivity contribution >= 4 is 17.5 Å². The number of carbonyl (C=O) groups is 1. The number of hydrogen-bond acceptors (Lipinski definition) is 1. The van der Waals surface area contributed by atoms with Crippen molar-refractivity contribution in [1.82, 2.24) is 5.32 Å². The van der Waals surface area contributed by atoms with E-state index < -0.39 is 0 Å². The first-order valence-electron chi connectivity index (χ1n) is 7.05. The molecule has 2 rings (SSSR count). The molecule has 1 aromatic carbocycles. The van der Waals surface area contributed by atoms with Crippen molar-refractivity contribution in [3.8, 4) is 0 Å². The van der Waals surface area contributed by atoms with Gasteiger partial charge in [0, 0.05) is 17.8 Å². The number of nitrogens with one attached hydrogen (secondary N) is 1. The summed E-state index contributed by atoms with van der Waals surface area (Å²) in [7, 11) is 0. The van der Waals surface area contributed by atoms with Gasteiger partial charge >= 0.3 is 0 Å². The highest BCUT2D eigenvalue weighted by molar-refractivity contribution is 6.18. The third-order valence-electron chi connectivity index (χ3n) is 4.02. The molecule has 1 aliphatic carbocycles. The van der Waals surface area contributed by atoms with Crippen molar-refractivity contribution in [3.63, 3.8) is 0 Å². The minimum absolute atomic E-state index is 0.0753. The summed E-state index contributed by atoms with van der Waals surface area (Å²) in [5.41, 5.74) is 2.71. The summed E-state index contributed by atoms with van der Waals surface area (Å²) in [5.74, 6) is 1.11. The van der Waals surface area contributed by atoms with E-state index in [0.29, 0.717) is 11.8 Å². The molecule has 0 radical (unpaired) electrons. The predicted octanol–water partition coefficient (Wildman–Crippen LogP) is 3.17. The van der Waals surface area contributed by atoms with Crippen molar-refractivity contribution in [1.29, 1.82) is 0 Å². The Kier molecular flexibility index (Phi) is 4.87. The number of hydrogen-bond donors (Lipinski definition) is 1. The van der Waals surface area contributed by atoms with E-state index in [9.17, 15) is 4.79 Å². The quantitative estimate of drug-likeness (QED) is 0.843. The molecule has 0 spiro atoms. The van der Waals surface area contributed by atoms with Gasteiger partial charge in [0.2, 0.25) is 5.91 Å². The van der Waals surface area contributed by atoms with Gasteiger partial charge in [-0.2, -0.15) is 0 Å². The molecule has 0 bridgehead atoms. The summed E-state index contributed by atoms with van der Waals surface area (Å²) in [4.78, 5) is 12.3. The van der Waals surface area contributed by atoms with E-state index in [1.807, 2.05) is 0 Å². The van der Waals surface area contributed by atoms with Crippen LogP contribution in [0, 0.1) is 11.8 Å². The lowest BCUT2D eigenvalue weighted by atomic mass is 9.83. The van der Waals surface area contributed by atoms with Crippen LogP contribution in [0.4, 0.5) is 0 Å². The maximum Gasteiger partial charge on any atom is 0.223 e. The van der Waals surface area contributed by atoms with E-state index in [1.165, 1.54) is 11.1 Å². The van der Waals surface area contributed by atoms with Gasteiger partial charge in [-0.15, -0.1) is 11.6 Å². The molecule has 0 heterocycles. The van der Waals surface area contributed by atoms with E-state index in [4.69, 9.17) is 11.6 Å². The van der Waals surface area contributed by atoms with Gasteiger partial charge in [-0.3, -0.25) is 4.79 Å². The molecular formula is C16H22ClNO. The molecular weight excluding hydrogens is 258 g/mol. The SMILES string of the molecule is CC(C)C(CCl)NC(=O)C1CCc2ccccc2C1. The van der Waals surface area contributed by atoms with Crippen molar-refractivity contribution in [3.05, 3.63) is 35.4 Å². The number of aryl methyl sites for hydroxylation is 1. The van der Waals surface area contributed by atoms with Gasteiger partial charge in [-0.1, -0.05) is 38.1 Å². The van der Waals surface area contributed by atoms with Gasteiger partial charge in [-0.25, -0.2) is 0 Å². The average molecular weight is 280 g/mol. The van der Waals surface area contributed by atoms with Gasteiger partial charge in [0.1, 0.15) is 0 Å². The largest absolute Gasteiger partial charge is 0.352 e. The number of fused-ring (bicyclic) bond motifs is 1. The molecule has 104 valence electrons. The number of amides is 1. The van der Waals surface area contributed by atoms with Gasteiger partial charge in [0.15, 0.2) is 0 Å². The summed E-state index contributed by atoms with van der Waals surface area (Å²) in [6, 6.07) is 8.50. The monoisotopic (exact) mass is 279 g/mol. The fourth-order valence-corrected chi connectivity index (χ4v) is 3.04. The van der Waals surface area contributed by atoms with Crippen molar-refractivity contribution < 1.29 is 4.79 Å². The van der Waals surface area contributed by atoms with Crippen LogP contribution in [-0.4, -0.2) is 17.8 Å². The minimum Gasteiger partial charge on any atom is -0.352 e. The Balaban J connectivity index is 1.99. The maximum absolute atomic E-state index is 12.3. The van der Waals surface area contributed by atoms with Crippen LogP contribution in [0.15, 0.2) is 24.3 Å². The zero-order chi connectivity index (χ0) is 13.8. The number of carbonyl (C=O) groups excluding carboxylic acids is 1. The maximum atomic E-state index is 12.3. The Hall–Kier alpha value is -1.02. The first-order chi connectivity index (χ1) is 9.11. The molecule has 19 heavy (non-hydrogen) atoms. The fraction of sp³-hybridized carbons (Fsp3) is 0.562. The van der Waals surface area contributed by atoms with E-state index in [0.717, 1.165) is 19.3 Å². The number of rotatable bonds is 4. The first kappa shape index (κ1) is 14.4. The lowest BCUT2D eigenvalue weighted by Crippen LogP contribution is -2.44. The van der Waals surface area contributed by atoms with Crippen LogP contribution >= 0.6 is 11.6 Å². The second kappa shape index (κ2) is 6.42. The molecule has 0 fully saturated rings. The second-order valence-corrected chi connectivity index (χ2v) is 6.03. The third kappa shape index (κ3) is 3.50. The van der Waals surface area contributed by atoms with Crippen LogP contribution in [-0.2, 0) is 17.6 Å². The van der Waals surface area contributed by atoms with E-state index >= 15 is 0 Å². The molecule has 0 aromatic heterocycles. The number of alkyl halides is 1. The second-order valence-electron chi connectivity index (χ2n) is 5.72. The Morgan fingerprint density at radius 3 is 2.68 bits per heavy atom. The number of halogens is 1. The van der Waals surface area contributed by atoms with Crippen LogP contribution < -0.4 is 5.32 Å². The molecule has 0 saturated heterocycles. The van der Waals surface area contributed by atoms with Crippen LogP contribution in [0.2, 0.25) is 0 Å². The molecule has 2 nitrogen and oxygen atoms in total. The highest BCUT2D eigenvalue weighted by atomic mass is 35.5. The van der Waals surface area contributed by atoms with Gasteiger partial charge in [-0.05, 0) is 36.3 Å². The van der Waals surface area contributed by atoms with Crippen LogP contribution in [0.3, 0.4) is 0 Å². The molecule has 2 unspecified atom stereocenters. The van der Waals surface area contributed by atoms with Crippen molar-refractivity contribution in [2.75, 3.05) is 5.88 Å².